The van der Waals surface area contributed by atoms with Crippen LogP contribution in [0.15, 0.2) is 30.3 Å². The molecular weight excluding hydrogens is 294 g/mol. The minimum atomic E-state index is -0.658. The van der Waals surface area contributed by atoms with Crippen LogP contribution in [0, 0.1) is 5.92 Å². The Balaban J connectivity index is 1.76. The standard InChI is InChI=1S/C18H25NO4/c1-11(20)19-16-17(21)14-10-13(12-6-4-3-5-7-12)8-9-15(14)23-18(16)22-2/h3-7,13-18,21H,8-10H2,1-2H3,(H,19,20)/t13-,14-,15+,16+,17+,18+/m0/s1. The van der Waals surface area contributed by atoms with E-state index < -0.39 is 18.4 Å². The van der Waals surface area contributed by atoms with Crippen molar-refractivity contribution in [1.29, 1.82) is 0 Å². The Morgan fingerprint density at radius 1 is 1.30 bits per heavy atom. The van der Waals surface area contributed by atoms with Crippen LogP contribution in [0.4, 0.5) is 0 Å². The smallest absolute Gasteiger partial charge is 0.217 e. The summed E-state index contributed by atoms with van der Waals surface area (Å²) in [6.07, 6.45) is 1.53. The number of fused-ring (bicyclic) bond motifs is 1. The fourth-order valence-electron chi connectivity index (χ4n) is 4.01. The third-order valence-electron chi connectivity index (χ3n) is 5.12. The SMILES string of the molecule is CO[C@@H]1O[C@@H]2CC[C@H](c3ccccc3)C[C@@H]2[C@@H](O)[C@H]1NC(C)=O. The van der Waals surface area contributed by atoms with Gasteiger partial charge < -0.3 is 19.9 Å². The molecule has 1 aliphatic heterocycles. The Hall–Kier alpha value is -1.43. The van der Waals surface area contributed by atoms with E-state index in [9.17, 15) is 9.90 Å². The average Bonchev–Trinajstić information content (AvgIpc) is 2.57. The van der Waals surface area contributed by atoms with Crippen molar-refractivity contribution < 1.29 is 19.4 Å². The molecule has 0 radical (unpaired) electrons. The summed E-state index contributed by atoms with van der Waals surface area (Å²) in [5.41, 5.74) is 1.31. The van der Waals surface area contributed by atoms with Gasteiger partial charge in [0, 0.05) is 20.0 Å². The van der Waals surface area contributed by atoms with Crippen LogP contribution in [0.2, 0.25) is 0 Å². The Morgan fingerprint density at radius 3 is 2.70 bits per heavy atom. The van der Waals surface area contributed by atoms with Gasteiger partial charge in [0.2, 0.25) is 5.91 Å². The molecule has 2 N–H and O–H groups in total. The lowest BCUT2D eigenvalue weighted by molar-refractivity contribution is -0.250. The maximum Gasteiger partial charge on any atom is 0.217 e. The van der Waals surface area contributed by atoms with Crippen molar-refractivity contribution in [3.63, 3.8) is 0 Å². The van der Waals surface area contributed by atoms with Crippen LogP contribution in [0.25, 0.3) is 0 Å². The van der Waals surface area contributed by atoms with Gasteiger partial charge in [0.15, 0.2) is 6.29 Å². The molecule has 1 aliphatic carbocycles. The van der Waals surface area contributed by atoms with Crippen LogP contribution in [-0.4, -0.2) is 42.7 Å². The minimum absolute atomic E-state index is 0.0113. The van der Waals surface area contributed by atoms with E-state index in [0.717, 1.165) is 19.3 Å². The van der Waals surface area contributed by atoms with E-state index in [4.69, 9.17) is 9.47 Å². The number of ether oxygens (including phenoxy) is 2. The zero-order valence-electron chi connectivity index (χ0n) is 13.6. The highest BCUT2D eigenvalue weighted by atomic mass is 16.7. The number of hydrogen-bond acceptors (Lipinski definition) is 4. The lowest BCUT2D eigenvalue weighted by Gasteiger charge is -2.48. The molecule has 5 heteroatoms. The second-order valence-corrected chi connectivity index (χ2v) is 6.58. The Bertz CT molecular complexity index is 535. The molecule has 1 amide bonds. The molecule has 0 spiro atoms. The lowest BCUT2D eigenvalue weighted by atomic mass is 9.71. The Morgan fingerprint density at radius 2 is 2.04 bits per heavy atom. The minimum Gasteiger partial charge on any atom is -0.390 e. The van der Waals surface area contributed by atoms with Crippen molar-refractivity contribution in [3.05, 3.63) is 35.9 Å². The number of benzene rings is 1. The number of hydrogen-bond donors (Lipinski definition) is 2. The van der Waals surface area contributed by atoms with Crippen molar-refractivity contribution in [2.45, 2.75) is 56.6 Å². The predicted octanol–water partition coefficient (Wildman–Crippen LogP) is 1.81. The van der Waals surface area contributed by atoms with Crippen molar-refractivity contribution in [2.75, 3.05) is 7.11 Å². The average molecular weight is 319 g/mol. The van der Waals surface area contributed by atoms with E-state index in [-0.39, 0.29) is 17.9 Å². The van der Waals surface area contributed by atoms with E-state index >= 15 is 0 Å². The number of amides is 1. The Kier molecular flexibility index (Phi) is 4.99. The highest BCUT2D eigenvalue weighted by Gasteiger charge is 2.48. The van der Waals surface area contributed by atoms with Crippen LogP contribution in [-0.2, 0) is 14.3 Å². The van der Waals surface area contributed by atoms with Gasteiger partial charge in [-0.25, -0.2) is 0 Å². The maximum atomic E-state index is 11.4. The third kappa shape index (κ3) is 3.42. The van der Waals surface area contributed by atoms with Gasteiger partial charge in [0.05, 0.1) is 12.2 Å². The summed E-state index contributed by atoms with van der Waals surface area (Å²) in [6.45, 7) is 1.44. The predicted molar refractivity (Wildman–Crippen MR) is 85.8 cm³/mol. The van der Waals surface area contributed by atoms with Crippen LogP contribution in [0.3, 0.4) is 0 Å². The normalized spacial score (nSPS) is 37.0. The second-order valence-electron chi connectivity index (χ2n) is 6.58. The molecule has 5 nitrogen and oxygen atoms in total. The first kappa shape index (κ1) is 16.4. The van der Waals surface area contributed by atoms with Crippen LogP contribution in [0.1, 0.15) is 37.7 Å². The van der Waals surface area contributed by atoms with Gasteiger partial charge in [-0.2, -0.15) is 0 Å². The number of aliphatic hydroxyl groups excluding tert-OH is 1. The molecule has 126 valence electrons. The summed E-state index contributed by atoms with van der Waals surface area (Å²) in [4.78, 5) is 11.4. The van der Waals surface area contributed by atoms with Crippen molar-refractivity contribution >= 4 is 5.91 Å². The first-order valence-corrected chi connectivity index (χ1v) is 8.28. The summed E-state index contributed by atoms with van der Waals surface area (Å²) in [5.74, 6) is 0.249. The van der Waals surface area contributed by atoms with Crippen molar-refractivity contribution in [2.24, 2.45) is 5.92 Å². The topological polar surface area (TPSA) is 67.8 Å². The van der Waals surface area contributed by atoms with Gasteiger partial charge in [0.1, 0.15) is 6.04 Å². The molecule has 1 saturated carbocycles. The van der Waals surface area contributed by atoms with E-state index in [2.05, 4.69) is 29.6 Å². The van der Waals surface area contributed by atoms with Crippen molar-refractivity contribution in [1.82, 2.24) is 5.32 Å². The largest absolute Gasteiger partial charge is 0.390 e. The van der Waals surface area contributed by atoms with E-state index in [1.54, 1.807) is 7.11 Å². The summed E-state index contributed by atoms with van der Waals surface area (Å²) < 4.78 is 11.3. The van der Waals surface area contributed by atoms with Gasteiger partial charge in [-0.15, -0.1) is 0 Å². The molecule has 2 fully saturated rings. The number of aliphatic hydroxyl groups is 1. The summed E-state index contributed by atoms with van der Waals surface area (Å²) >= 11 is 0. The molecule has 0 aromatic heterocycles. The Labute approximate surface area is 137 Å². The molecule has 3 rings (SSSR count). The molecule has 1 saturated heterocycles. The van der Waals surface area contributed by atoms with Crippen LogP contribution < -0.4 is 5.32 Å². The zero-order valence-corrected chi connectivity index (χ0v) is 13.6. The first-order chi connectivity index (χ1) is 11.1. The lowest BCUT2D eigenvalue weighted by Crippen LogP contribution is -2.62. The first-order valence-electron chi connectivity index (χ1n) is 8.28. The number of methoxy groups -OCH3 is 1. The number of carbonyl (C=O) groups is 1. The highest BCUT2D eigenvalue weighted by Crippen LogP contribution is 2.42. The highest BCUT2D eigenvalue weighted by molar-refractivity contribution is 5.73. The van der Waals surface area contributed by atoms with Gasteiger partial charge in [-0.05, 0) is 30.7 Å². The molecule has 6 atom stereocenters. The molecule has 23 heavy (non-hydrogen) atoms. The molecule has 2 aliphatic rings. The fraction of sp³-hybridized carbons (Fsp3) is 0.611. The van der Waals surface area contributed by atoms with Gasteiger partial charge >= 0.3 is 0 Å². The maximum absolute atomic E-state index is 11.4. The van der Waals surface area contributed by atoms with Gasteiger partial charge in [-0.1, -0.05) is 30.3 Å². The van der Waals surface area contributed by atoms with Crippen LogP contribution >= 0.6 is 0 Å². The zero-order chi connectivity index (χ0) is 16.4. The van der Waals surface area contributed by atoms with E-state index in [1.807, 2.05) is 6.07 Å². The summed E-state index contributed by atoms with van der Waals surface area (Å²) in [5, 5.41) is 13.6. The van der Waals surface area contributed by atoms with Crippen LogP contribution in [0.5, 0.6) is 0 Å². The third-order valence-corrected chi connectivity index (χ3v) is 5.12. The molecular formula is C18H25NO4. The van der Waals surface area contributed by atoms with E-state index in [0.29, 0.717) is 5.92 Å². The number of rotatable bonds is 3. The second kappa shape index (κ2) is 6.99. The monoisotopic (exact) mass is 319 g/mol. The molecule has 1 heterocycles. The quantitative estimate of drug-likeness (QED) is 0.891. The fourth-order valence-corrected chi connectivity index (χ4v) is 4.01. The van der Waals surface area contributed by atoms with E-state index in [1.165, 1.54) is 12.5 Å². The molecule has 1 aromatic rings. The summed E-state index contributed by atoms with van der Waals surface area (Å²) in [6, 6.07) is 9.89. The molecule has 0 bridgehead atoms. The van der Waals surface area contributed by atoms with Crippen molar-refractivity contribution in [3.8, 4) is 0 Å². The van der Waals surface area contributed by atoms with Gasteiger partial charge in [0.25, 0.3) is 0 Å². The molecule has 0 unspecified atom stereocenters. The summed E-state index contributed by atoms with van der Waals surface area (Å²) in [7, 11) is 1.54. The molecule has 1 aromatic carbocycles. The number of nitrogens with one attached hydrogen (secondary N) is 1. The van der Waals surface area contributed by atoms with Gasteiger partial charge in [-0.3, -0.25) is 4.79 Å². The number of carbonyl (C=O) groups excluding carboxylic acids is 1.